The van der Waals surface area contributed by atoms with Crippen molar-refractivity contribution in [3.8, 4) is 16.9 Å². The minimum atomic E-state index is -0.352. The first-order valence-electron chi connectivity index (χ1n) is 12.3. The van der Waals surface area contributed by atoms with E-state index in [1.807, 2.05) is 44.7 Å². The fourth-order valence-electron chi connectivity index (χ4n) is 4.19. The zero-order valence-corrected chi connectivity index (χ0v) is 22.2. The molecule has 0 aliphatic heterocycles. The molecule has 3 rings (SSSR count). The standard InChI is InChI=1S/C29H39FN4O/c1-8-9-11-21(2)25(22(3)33(6)7)16-17-35-29-26(12-10-13-27(29)30)23-14-15-28-31-18-24(20-32(4)5)34(28)19-23/h10-15,18-19H,8-9,16-17,20H2,1-7H3/b21-11+,25-22-. The summed E-state index contributed by atoms with van der Waals surface area (Å²) in [4.78, 5) is 8.73. The van der Waals surface area contributed by atoms with Crippen LogP contribution in [0.1, 0.15) is 45.7 Å². The molecule has 2 aromatic heterocycles. The molecule has 0 spiro atoms. The van der Waals surface area contributed by atoms with Gasteiger partial charge >= 0.3 is 0 Å². The zero-order valence-electron chi connectivity index (χ0n) is 22.2. The van der Waals surface area contributed by atoms with Crippen LogP contribution in [-0.2, 0) is 6.54 Å². The van der Waals surface area contributed by atoms with Crippen LogP contribution in [0.3, 0.4) is 0 Å². The Bertz CT molecular complexity index is 1210. The van der Waals surface area contributed by atoms with Gasteiger partial charge in [-0.1, -0.05) is 37.1 Å². The van der Waals surface area contributed by atoms with E-state index in [1.54, 1.807) is 6.07 Å². The SMILES string of the molecule is CCC/C=C(C)/C(CCOc1c(F)cccc1-c1ccc2ncc(CN(C)C)n2c1)=C(/C)N(C)C. The van der Waals surface area contributed by atoms with E-state index in [0.29, 0.717) is 13.0 Å². The lowest BCUT2D eigenvalue weighted by Gasteiger charge is -2.21. The summed E-state index contributed by atoms with van der Waals surface area (Å²) in [5.74, 6) is -0.0620. The maximum atomic E-state index is 15.0. The van der Waals surface area contributed by atoms with E-state index in [9.17, 15) is 4.39 Å². The second kappa shape index (κ2) is 12.0. The van der Waals surface area contributed by atoms with Gasteiger partial charge in [0.25, 0.3) is 0 Å². The molecule has 1 aromatic carbocycles. The average molecular weight is 479 g/mol. The van der Waals surface area contributed by atoms with Crippen molar-refractivity contribution < 1.29 is 9.13 Å². The van der Waals surface area contributed by atoms with E-state index in [4.69, 9.17) is 4.74 Å². The highest BCUT2D eigenvalue weighted by Crippen LogP contribution is 2.33. The Morgan fingerprint density at radius 1 is 1.11 bits per heavy atom. The van der Waals surface area contributed by atoms with Crippen LogP contribution in [-0.4, -0.2) is 54.0 Å². The van der Waals surface area contributed by atoms with Crippen molar-refractivity contribution in [3.05, 3.63) is 77.2 Å². The highest BCUT2D eigenvalue weighted by molar-refractivity contribution is 5.71. The minimum Gasteiger partial charge on any atom is -0.490 e. The number of imidazole rings is 1. The number of para-hydroxylation sites is 1. The quantitative estimate of drug-likeness (QED) is 0.293. The molecule has 0 fully saturated rings. The molecule has 5 nitrogen and oxygen atoms in total. The van der Waals surface area contributed by atoms with Gasteiger partial charge in [-0.3, -0.25) is 0 Å². The number of fused-ring (bicyclic) bond motifs is 1. The van der Waals surface area contributed by atoms with Crippen LogP contribution in [0.5, 0.6) is 5.75 Å². The van der Waals surface area contributed by atoms with Gasteiger partial charge in [-0.25, -0.2) is 9.37 Å². The predicted molar refractivity (Wildman–Crippen MR) is 143 cm³/mol. The molecule has 6 heteroatoms. The number of hydrogen-bond acceptors (Lipinski definition) is 4. The molecule has 2 heterocycles. The highest BCUT2D eigenvalue weighted by atomic mass is 19.1. The predicted octanol–water partition coefficient (Wildman–Crippen LogP) is 6.55. The Kier molecular flexibility index (Phi) is 9.10. The van der Waals surface area contributed by atoms with E-state index in [-0.39, 0.29) is 11.6 Å². The number of halogens is 1. The van der Waals surface area contributed by atoms with Gasteiger partial charge in [0.15, 0.2) is 11.6 Å². The van der Waals surface area contributed by atoms with Crippen LogP contribution in [0.2, 0.25) is 0 Å². The zero-order chi connectivity index (χ0) is 25.5. The van der Waals surface area contributed by atoms with E-state index in [0.717, 1.165) is 41.9 Å². The monoisotopic (exact) mass is 478 g/mol. The maximum absolute atomic E-state index is 15.0. The molecule has 0 bridgehead atoms. The van der Waals surface area contributed by atoms with Gasteiger partial charge < -0.3 is 18.9 Å². The van der Waals surface area contributed by atoms with Gasteiger partial charge in [-0.2, -0.15) is 0 Å². The third-order valence-electron chi connectivity index (χ3n) is 6.26. The molecule has 0 amide bonds. The Morgan fingerprint density at radius 3 is 2.57 bits per heavy atom. The fraction of sp³-hybridized carbons (Fsp3) is 0.414. The van der Waals surface area contributed by atoms with Gasteiger partial charge in [-0.15, -0.1) is 0 Å². The van der Waals surface area contributed by atoms with Crippen LogP contribution < -0.4 is 4.74 Å². The summed E-state index contributed by atoms with van der Waals surface area (Å²) in [6.07, 6.45) is 9.04. The van der Waals surface area contributed by atoms with E-state index < -0.39 is 0 Å². The van der Waals surface area contributed by atoms with E-state index >= 15 is 0 Å². The molecule has 0 N–H and O–H groups in total. The smallest absolute Gasteiger partial charge is 0.165 e. The minimum absolute atomic E-state index is 0.290. The van der Waals surface area contributed by atoms with Crippen LogP contribution in [0.25, 0.3) is 16.8 Å². The lowest BCUT2D eigenvalue weighted by atomic mass is 10.0. The molecule has 0 radical (unpaired) electrons. The first-order valence-corrected chi connectivity index (χ1v) is 12.3. The van der Waals surface area contributed by atoms with Gasteiger partial charge in [0.05, 0.1) is 18.5 Å². The van der Waals surface area contributed by atoms with Crippen molar-refractivity contribution in [2.75, 3.05) is 34.8 Å². The number of benzene rings is 1. The summed E-state index contributed by atoms with van der Waals surface area (Å²) >= 11 is 0. The largest absolute Gasteiger partial charge is 0.490 e. The molecule has 188 valence electrons. The fourth-order valence-corrected chi connectivity index (χ4v) is 4.19. The van der Waals surface area contributed by atoms with Crippen molar-refractivity contribution >= 4 is 5.65 Å². The van der Waals surface area contributed by atoms with Gasteiger partial charge in [0.1, 0.15) is 5.65 Å². The van der Waals surface area contributed by atoms with Gasteiger partial charge in [0.2, 0.25) is 0 Å². The normalized spacial score (nSPS) is 12.9. The van der Waals surface area contributed by atoms with Crippen LogP contribution in [0, 0.1) is 5.82 Å². The first-order chi connectivity index (χ1) is 16.7. The van der Waals surface area contributed by atoms with E-state index in [2.05, 4.69) is 60.1 Å². The average Bonchev–Trinajstić information content (AvgIpc) is 3.21. The van der Waals surface area contributed by atoms with Gasteiger partial charge in [0, 0.05) is 50.1 Å². The molecule has 0 saturated heterocycles. The molecule has 0 unspecified atom stereocenters. The lowest BCUT2D eigenvalue weighted by molar-refractivity contribution is 0.305. The highest BCUT2D eigenvalue weighted by Gasteiger charge is 2.15. The summed E-state index contributed by atoms with van der Waals surface area (Å²) in [5, 5.41) is 0. The molecule has 3 aromatic rings. The summed E-state index contributed by atoms with van der Waals surface area (Å²) in [6.45, 7) is 7.61. The maximum Gasteiger partial charge on any atom is 0.165 e. The third kappa shape index (κ3) is 6.51. The second-order valence-electron chi connectivity index (χ2n) is 9.48. The van der Waals surface area contributed by atoms with Crippen molar-refractivity contribution in [2.24, 2.45) is 0 Å². The number of nitrogens with zero attached hydrogens (tertiary/aromatic N) is 4. The van der Waals surface area contributed by atoms with Crippen LogP contribution >= 0.6 is 0 Å². The molecule has 0 aliphatic carbocycles. The Hall–Kier alpha value is -3.12. The lowest BCUT2D eigenvalue weighted by Crippen LogP contribution is -2.13. The van der Waals surface area contributed by atoms with Crippen molar-refractivity contribution in [2.45, 2.75) is 46.6 Å². The molecule has 0 saturated carbocycles. The third-order valence-corrected chi connectivity index (χ3v) is 6.26. The topological polar surface area (TPSA) is 33.0 Å². The number of aromatic nitrogens is 2. The van der Waals surface area contributed by atoms with Crippen molar-refractivity contribution in [1.29, 1.82) is 0 Å². The Balaban J connectivity index is 1.89. The Labute approximate surface area is 209 Å². The summed E-state index contributed by atoms with van der Waals surface area (Å²) < 4.78 is 23.2. The number of rotatable bonds is 11. The second-order valence-corrected chi connectivity index (χ2v) is 9.48. The van der Waals surface area contributed by atoms with E-state index in [1.165, 1.54) is 22.9 Å². The van der Waals surface area contributed by atoms with Crippen molar-refractivity contribution in [3.63, 3.8) is 0 Å². The first kappa shape index (κ1) is 26.5. The molecule has 0 aliphatic rings. The van der Waals surface area contributed by atoms with Crippen molar-refractivity contribution in [1.82, 2.24) is 19.2 Å². The number of hydrogen-bond donors (Lipinski definition) is 0. The van der Waals surface area contributed by atoms with Crippen LogP contribution in [0.15, 0.2) is 65.6 Å². The Morgan fingerprint density at radius 2 is 1.89 bits per heavy atom. The molecular weight excluding hydrogens is 439 g/mol. The summed E-state index contributed by atoms with van der Waals surface area (Å²) in [6, 6.07) is 9.04. The number of pyridine rings is 1. The summed E-state index contributed by atoms with van der Waals surface area (Å²) in [7, 11) is 8.16. The number of allylic oxidation sites excluding steroid dienone is 3. The molecule has 35 heavy (non-hydrogen) atoms. The van der Waals surface area contributed by atoms with Gasteiger partial charge in [-0.05, 0) is 58.1 Å². The molecule has 0 atom stereocenters. The molecular formula is C29H39FN4O. The number of unbranched alkanes of at least 4 members (excludes halogenated alkanes) is 1. The summed E-state index contributed by atoms with van der Waals surface area (Å²) in [5.41, 5.74) is 7.28. The number of ether oxygens (including phenoxy) is 1. The van der Waals surface area contributed by atoms with Crippen LogP contribution in [0.4, 0.5) is 4.39 Å².